The molecule has 1 aliphatic rings. The van der Waals surface area contributed by atoms with Crippen molar-refractivity contribution in [1.29, 1.82) is 0 Å². The number of hydrogen-bond donors (Lipinski definition) is 1. The van der Waals surface area contributed by atoms with Crippen LogP contribution in [0.4, 0.5) is 0 Å². The van der Waals surface area contributed by atoms with Crippen molar-refractivity contribution in [3.05, 3.63) is 0 Å². The van der Waals surface area contributed by atoms with Crippen molar-refractivity contribution in [1.82, 2.24) is 10.2 Å². The van der Waals surface area contributed by atoms with Gasteiger partial charge in [-0.2, -0.15) is 0 Å². The van der Waals surface area contributed by atoms with E-state index < -0.39 is 5.54 Å². The van der Waals surface area contributed by atoms with Gasteiger partial charge in [-0.1, -0.05) is 26.7 Å². The van der Waals surface area contributed by atoms with E-state index in [4.69, 9.17) is 4.74 Å². The minimum absolute atomic E-state index is 0.165. The lowest BCUT2D eigenvalue weighted by Gasteiger charge is -2.42. The molecule has 4 atom stereocenters. The fraction of sp³-hybridized carbons (Fsp3) is 0.941. The summed E-state index contributed by atoms with van der Waals surface area (Å²) in [5.41, 5.74) is -0.602. The summed E-state index contributed by atoms with van der Waals surface area (Å²) in [6.07, 6.45) is 6.05. The molecule has 1 saturated carbocycles. The molecule has 1 aliphatic carbocycles. The predicted molar refractivity (Wildman–Crippen MR) is 87.4 cm³/mol. The molecular formula is C17H34N2O2. The van der Waals surface area contributed by atoms with E-state index in [9.17, 15) is 4.79 Å². The van der Waals surface area contributed by atoms with Crippen LogP contribution in [0.3, 0.4) is 0 Å². The molecule has 4 heteroatoms. The van der Waals surface area contributed by atoms with Gasteiger partial charge in [-0.25, -0.2) is 0 Å². The lowest BCUT2D eigenvalue weighted by Crippen LogP contribution is -2.55. The molecule has 124 valence electrons. The van der Waals surface area contributed by atoms with E-state index in [1.165, 1.54) is 32.8 Å². The maximum atomic E-state index is 12.1. The van der Waals surface area contributed by atoms with Gasteiger partial charge in [-0.15, -0.1) is 0 Å². The number of nitrogens with one attached hydrogen (secondary N) is 1. The number of esters is 1. The van der Waals surface area contributed by atoms with Gasteiger partial charge in [0.1, 0.15) is 5.54 Å². The largest absolute Gasteiger partial charge is 0.468 e. The second kappa shape index (κ2) is 8.14. The molecule has 0 radical (unpaired) electrons. The van der Waals surface area contributed by atoms with Crippen molar-refractivity contribution < 1.29 is 9.53 Å². The van der Waals surface area contributed by atoms with Crippen LogP contribution in [-0.2, 0) is 9.53 Å². The van der Waals surface area contributed by atoms with Gasteiger partial charge in [0.2, 0.25) is 0 Å². The molecule has 0 aromatic rings. The van der Waals surface area contributed by atoms with E-state index >= 15 is 0 Å². The smallest absolute Gasteiger partial charge is 0.325 e. The Morgan fingerprint density at radius 2 is 2.05 bits per heavy atom. The zero-order valence-corrected chi connectivity index (χ0v) is 14.7. The van der Waals surface area contributed by atoms with Gasteiger partial charge in [0.05, 0.1) is 7.11 Å². The van der Waals surface area contributed by atoms with Gasteiger partial charge in [-0.3, -0.25) is 4.79 Å². The summed E-state index contributed by atoms with van der Waals surface area (Å²) >= 11 is 0. The molecule has 0 amide bonds. The summed E-state index contributed by atoms with van der Waals surface area (Å²) in [7, 11) is 3.68. The van der Waals surface area contributed by atoms with Crippen molar-refractivity contribution in [3.8, 4) is 0 Å². The predicted octanol–water partition coefficient (Wildman–Crippen LogP) is 2.82. The van der Waals surface area contributed by atoms with Gasteiger partial charge < -0.3 is 15.0 Å². The molecule has 4 nitrogen and oxygen atoms in total. The number of rotatable bonds is 7. The fourth-order valence-electron chi connectivity index (χ4n) is 3.81. The maximum absolute atomic E-state index is 12.1. The normalized spacial score (nSPS) is 27.2. The van der Waals surface area contributed by atoms with Crippen molar-refractivity contribution in [2.24, 2.45) is 5.92 Å². The first-order valence-electron chi connectivity index (χ1n) is 8.41. The van der Waals surface area contributed by atoms with Crippen LogP contribution in [0.2, 0.25) is 0 Å². The SMILES string of the molecule is CCNC(C)(CC(C)N(C)C1CCCCC1C)C(=O)OC. The molecule has 0 saturated heterocycles. The molecule has 0 spiro atoms. The highest BCUT2D eigenvalue weighted by Gasteiger charge is 2.37. The van der Waals surface area contributed by atoms with E-state index in [1.54, 1.807) is 0 Å². The summed E-state index contributed by atoms with van der Waals surface area (Å²) in [6, 6.07) is 0.982. The van der Waals surface area contributed by atoms with E-state index in [-0.39, 0.29) is 5.97 Å². The molecule has 0 aliphatic heterocycles. The second-order valence-corrected chi connectivity index (χ2v) is 6.90. The van der Waals surface area contributed by atoms with Crippen LogP contribution in [0, 0.1) is 5.92 Å². The van der Waals surface area contributed by atoms with Crippen molar-refractivity contribution in [2.75, 3.05) is 20.7 Å². The Morgan fingerprint density at radius 1 is 1.43 bits per heavy atom. The molecule has 0 heterocycles. The Kier molecular flexibility index (Phi) is 7.14. The first-order valence-corrected chi connectivity index (χ1v) is 8.41. The molecule has 0 bridgehead atoms. The van der Waals surface area contributed by atoms with Gasteiger partial charge in [-0.05, 0) is 52.6 Å². The van der Waals surface area contributed by atoms with Crippen LogP contribution in [0.1, 0.15) is 59.8 Å². The Balaban J connectivity index is 2.71. The number of carbonyl (C=O) groups excluding carboxylic acids is 1. The summed E-state index contributed by atoms with van der Waals surface area (Å²) in [6.45, 7) is 9.33. The standard InChI is InChI=1S/C17H34N2O2/c1-7-18-17(4,16(20)21-6)12-14(3)19(5)15-11-9-8-10-13(15)2/h13-15,18H,7-12H2,1-6H3. The minimum Gasteiger partial charge on any atom is -0.468 e. The Bertz CT molecular complexity index is 335. The molecular weight excluding hydrogens is 264 g/mol. The van der Waals surface area contributed by atoms with Gasteiger partial charge in [0, 0.05) is 12.1 Å². The van der Waals surface area contributed by atoms with Gasteiger partial charge >= 0.3 is 5.97 Å². The zero-order valence-electron chi connectivity index (χ0n) is 14.7. The van der Waals surface area contributed by atoms with E-state index in [1.807, 2.05) is 13.8 Å². The summed E-state index contributed by atoms with van der Waals surface area (Å²) < 4.78 is 5.00. The third kappa shape index (κ3) is 4.68. The molecule has 21 heavy (non-hydrogen) atoms. The highest BCUT2D eigenvalue weighted by atomic mass is 16.5. The van der Waals surface area contributed by atoms with Crippen LogP contribution in [-0.4, -0.2) is 49.2 Å². The molecule has 1 N–H and O–H groups in total. The molecule has 1 fully saturated rings. The monoisotopic (exact) mass is 298 g/mol. The zero-order chi connectivity index (χ0) is 16.0. The average Bonchev–Trinajstić information content (AvgIpc) is 2.46. The third-order valence-electron chi connectivity index (χ3n) is 5.19. The summed E-state index contributed by atoms with van der Waals surface area (Å²) in [5, 5.41) is 3.31. The topological polar surface area (TPSA) is 41.6 Å². The minimum atomic E-state index is -0.602. The van der Waals surface area contributed by atoms with Crippen molar-refractivity contribution in [3.63, 3.8) is 0 Å². The first kappa shape index (κ1) is 18.4. The van der Waals surface area contributed by atoms with Crippen LogP contribution < -0.4 is 5.32 Å². The van der Waals surface area contributed by atoms with Crippen LogP contribution in [0.5, 0.6) is 0 Å². The van der Waals surface area contributed by atoms with Gasteiger partial charge in [0.25, 0.3) is 0 Å². The lowest BCUT2D eigenvalue weighted by atomic mass is 9.83. The summed E-state index contributed by atoms with van der Waals surface area (Å²) in [5.74, 6) is 0.580. The van der Waals surface area contributed by atoms with E-state index in [0.29, 0.717) is 12.1 Å². The van der Waals surface area contributed by atoms with Crippen molar-refractivity contribution >= 4 is 5.97 Å². The second-order valence-electron chi connectivity index (χ2n) is 6.90. The van der Waals surface area contributed by atoms with E-state index in [0.717, 1.165) is 18.9 Å². The Morgan fingerprint density at radius 3 is 2.57 bits per heavy atom. The number of hydrogen-bond acceptors (Lipinski definition) is 4. The van der Waals surface area contributed by atoms with Crippen LogP contribution in [0.25, 0.3) is 0 Å². The Labute approximate surface area is 130 Å². The molecule has 4 unspecified atom stereocenters. The van der Waals surface area contributed by atoms with Gasteiger partial charge in [0.15, 0.2) is 0 Å². The lowest BCUT2D eigenvalue weighted by molar-refractivity contribution is -0.148. The molecule has 0 aromatic heterocycles. The number of nitrogens with zero attached hydrogens (tertiary/aromatic N) is 1. The number of likely N-dealkylation sites (N-methyl/N-ethyl adjacent to an activating group) is 1. The maximum Gasteiger partial charge on any atom is 0.325 e. The third-order valence-corrected chi connectivity index (χ3v) is 5.19. The number of methoxy groups -OCH3 is 1. The molecule has 0 aromatic carbocycles. The number of carbonyl (C=O) groups is 1. The van der Waals surface area contributed by atoms with E-state index in [2.05, 4.69) is 31.1 Å². The summed E-state index contributed by atoms with van der Waals surface area (Å²) in [4.78, 5) is 14.6. The quantitative estimate of drug-likeness (QED) is 0.734. The highest BCUT2D eigenvalue weighted by molar-refractivity contribution is 5.80. The molecule has 1 rings (SSSR count). The first-order chi connectivity index (χ1) is 9.85. The fourth-order valence-corrected chi connectivity index (χ4v) is 3.81. The Hall–Kier alpha value is -0.610. The average molecular weight is 298 g/mol. The van der Waals surface area contributed by atoms with Crippen molar-refractivity contribution in [2.45, 2.75) is 77.4 Å². The number of ether oxygens (including phenoxy) is 1. The van der Waals surface area contributed by atoms with Crippen LogP contribution >= 0.6 is 0 Å². The highest BCUT2D eigenvalue weighted by Crippen LogP contribution is 2.30. The van der Waals surface area contributed by atoms with Crippen LogP contribution in [0.15, 0.2) is 0 Å².